The summed E-state index contributed by atoms with van der Waals surface area (Å²) < 4.78 is 5.80. The van der Waals surface area contributed by atoms with Gasteiger partial charge in [0.05, 0.1) is 12.2 Å². The highest BCUT2D eigenvalue weighted by molar-refractivity contribution is 7.09. The van der Waals surface area contributed by atoms with Crippen LogP contribution in [0.15, 0.2) is 5.38 Å². The van der Waals surface area contributed by atoms with Crippen molar-refractivity contribution in [3.8, 4) is 0 Å². The Kier molecular flexibility index (Phi) is 5.86. The Bertz CT molecular complexity index is 547. The number of thiazole rings is 1. The second-order valence-corrected chi connectivity index (χ2v) is 7.98. The van der Waals surface area contributed by atoms with Gasteiger partial charge >= 0.3 is 0 Å². The number of likely N-dealkylation sites (tertiary alicyclic amines) is 1. The van der Waals surface area contributed by atoms with Crippen LogP contribution in [0.1, 0.15) is 42.2 Å². The standard InChI is InChI=1S/C17H28N4O2S/c1-12-8-20(9-13(2)23-12)10-14-3-5-21(6-4-14)17(22)15-11-24-16(7-18)19-15/h11-14H,3-10,18H2,1-2H3. The smallest absolute Gasteiger partial charge is 0.273 e. The third-order valence-electron chi connectivity index (χ3n) is 4.86. The van der Waals surface area contributed by atoms with E-state index in [9.17, 15) is 4.79 Å². The van der Waals surface area contributed by atoms with Crippen LogP contribution in [0.25, 0.3) is 0 Å². The minimum atomic E-state index is 0.0537. The molecular weight excluding hydrogens is 324 g/mol. The average Bonchev–Trinajstić information content (AvgIpc) is 3.03. The third-order valence-corrected chi connectivity index (χ3v) is 5.73. The van der Waals surface area contributed by atoms with Crippen LogP contribution in [0.4, 0.5) is 0 Å². The van der Waals surface area contributed by atoms with Crippen LogP contribution in [0.3, 0.4) is 0 Å². The highest BCUT2D eigenvalue weighted by atomic mass is 32.1. The number of rotatable bonds is 4. The zero-order valence-corrected chi connectivity index (χ0v) is 15.4. The van der Waals surface area contributed by atoms with Crippen molar-refractivity contribution < 1.29 is 9.53 Å². The van der Waals surface area contributed by atoms with Crippen molar-refractivity contribution in [3.63, 3.8) is 0 Å². The SMILES string of the molecule is CC1CN(CC2CCN(C(=O)c3csc(CN)n3)CC2)CC(C)O1. The first kappa shape index (κ1) is 17.8. The number of ether oxygens (including phenoxy) is 1. The van der Waals surface area contributed by atoms with E-state index in [4.69, 9.17) is 10.5 Å². The van der Waals surface area contributed by atoms with Crippen molar-refractivity contribution in [2.45, 2.75) is 45.4 Å². The fraction of sp³-hybridized carbons (Fsp3) is 0.765. The number of morpholine rings is 1. The zero-order chi connectivity index (χ0) is 17.1. The van der Waals surface area contributed by atoms with Gasteiger partial charge < -0.3 is 15.4 Å². The number of hydrogen-bond donors (Lipinski definition) is 1. The van der Waals surface area contributed by atoms with Crippen molar-refractivity contribution in [3.05, 3.63) is 16.1 Å². The van der Waals surface area contributed by atoms with E-state index in [1.807, 2.05) is 10.3 Å². The fourth-order valence-electron chi connectivity index (χ4n) is 3.78. The highest BCUT2D eigenvalue weighted by Crippen LogP contribution is 2.22. The van der Waals surface area contributed by atoms with Crippen LogP contribution < -0.4 is 5.73 Å². The minimum Gasteiger partial charge on any atom is -0.373 e. The molecule has 7 heteroatoms. The quantitative estimate of drug-likeness (QED) is 0.890. The molecule has 1 aromatic heterocycles. The topological polar surface area (TPSA) is 71.7 Å². The molecule has 3 rings (SSSR count). The summed E-state index contributed by atoms with van der Waals surface area (Å²) in [6.45, 7) is 9.50. The molecule has 0 aromatic carbocycles. The van der Waals surface area contributed by atoms with Crippen LogP contribution in [-0.4, -0.2) is 65.6 Å². The summed E-state index contributed by atoms with van der Waals surface area (Å²) in [5.74, 6) is 0.722. The van der Waals surface area contributed by atoms with Crippen molar-refractivity contribution in [2.24, 2.45) is 11.7 Å². The zero-order valence-electron chi connectivity index (χ0n) is 14.6. The molecule has 1 amide bonds. The van der Waals surface area contributed by atoms with E-state index in [0.29, 0.717) is 30.4 Å². The van der Waals surface area contributed by atoms with Gasteiger partial charge in [0.2, 0.25) is 0 Å². The number of carbonyl (C=O) groups excluding carboxylic acids is 1. The van der Waals surface area contributed by atoms with Crippen molar-refractivity contribution in [2.75, 3.05) is 32.7 Å². The highest BCUT2D eigenvalue weighted by Gasteiger charge is 2.28. The normalized spacial score (nSPS) is 26.7. The molecule has 2 atom stereocenters. The molecule has 2 saturated heterocycles. The first-order chi connectivity index (χ1) is 11.5. The Balaban J connectivity index is 1.47. The maximum absolute atomic E-state index is 12.5. The number of aromatic nitrogens is 1. The van der Waals surface area contributed by atoms with Gasteiger partial charge in [0, 0.05) is 44.6 Å². The van der Waals surface area contributed by atoms with Gasteiger partial charge in [-0.05, 0) is 32.6 Å². The molecule has 134 valence electrons. The van der Waals surface area contributed by atoms with Crippen molar-refractivity contribution in [1.82, 2.24) is 14.8 Å². The maximum atomic E-state index is 12.5. The van der Waals surface area contributed by atoms with Crippen LogP contribution in [0.5, 0.6) is 0 Å². The molecule has 0 radical (unpaired) electrons. The summed E-state index contributed by atoms with van der Waals surface area (Å²) in [7, 11) is 0. The molecule has 24 heavy (non-hydrogen) atoms. The van der Waals surface area contributed by atoms with Crippen molar-refractivity contribution in [1.29, 1.82) is 0 Å². The molecule has 2 unspecified atom stereocenters. The summed E-state index contributed by atoms with van der Waals surface area (Å²) >= 11 is 1.46. The fourth-order valence-corrected chi connectivity index (χ4v) is 4.43. The average molecular weight is 353 g/mol. The maximum Gasteiger partial charge on any atom is 0.273 e. The second kappa shape index (κ2) is 7.91. The van der Waals surface area contributed by atoms with Crippen molar-refractivity contribution >= 4 is 17.2 Å². The predicted octanol–water partition coefficient (Wildman–Crippen LogP) is 1.56. The van der Waals surface area contributed by atoms with Gasteiger partial charge in [-0.2, -0.15) is 0 Å². The third kappa shape index (κ3) is 4.33. The Morgan fingerprint density at radius 2 is 2.00 bits per heavy atom. The molecule has 2 fully saturated rings. The summed E-state index contributed by atoms with van der Waals surface area (Å²) in [5.41, 5.74) is 6.13. The molecule has 2 N–H and O–H groups in total. The Hall–Kier alpha value is -1.02. The lowest BCUT2D eigenvalue weighted by atomic mass is 9.95. The molecular formula is C17H28N4O2S. The first-order valence-electron chi connectivity index (χ1n) is 8.86. The lowest BCUT2D eigenvalue weighted by molar-refractivity contribution is -0.0728. The Labute approximate surface area is 148 Å². The minimum absolute atomic E-state index is 0.0537. The van der Waals surface area contributed by atoms with Crippen LogP contribution in [0, 0.1) is 5.92 Å². The molecule has 2 aliphatic rings. The van der Waals surface area contributed by atoms with Gasteiger partial charge in [-0.3, -0.25) is 9.69 Å². The van der Waals surface area contributed by atoms with Gasteiger partial charge in [-0.15, -0.1) is 11.3 Å². The van der Waals surface area contributed by atoms with Crippen LogP contribution in [0.2, 0.25) is 0 Å². The molecule has 0 aliphatic carbocycles. The monoisotopic (exact) mass is 352 g/mol. The number of carbonyl (C=O) groups is 1. The molecule has 0 spiro atoms. The van der Waals surface area contributed by atoms with Crippen LogP contribution >= 0.6 is 11.3 Å². The summed E-state index contributed by atoms with van der Waals surface area (Å²) in [6.07, 6.45) is 2.77. The van der Waals surface area contributed by atoms with Crippen LogP contribution in [-0.2, 0) is 11.3 Å². The number of hydrogen-bond acceptors (Lipinski definition) is 6. The Morgan fingerprint density at radius 3 is 2.58 bits per heavy atom. The predicted molar refractivity (Wildman–Crippen MR) is 95.1 cm³/mol. The van der Waals surface area contributed by atoms with E-state index in [0.717, 1.165) is 50.6 Å². The largest absolute Gasteiger partial charge is 0.373 e. The second-order valence-electron chi connectivity index (χ2n) is 7.04. The molecule has 1 aromatic rings. The van der Waals surface area contributed by atoms with Gasteiger partial charge in [0.1, 0.15) is 10.7 Å². The number of amides is 1. The van der Waals surface area contributed by atoms with Gasteiger partial charge in [0.15, 0.2) is 0 Å². The van der Waals surface area contributed by atoms with E-state index < -0.39 is 0 Å². The molecule has 3 heterocycles. The van der Waals surface area contributed by atoms with E-state index >= 15 is 0 Å². The van der Waals surface area contributed by atoms with Gasteiger partial charge in [0.25, 0.3) is 5.91 Å². The Morgan fingerprint density at radius 1 is 1.33 bits per heavy atom. The molecule has 2 aliphatic heterocycles. The number of nitrogens with two attached hydrogens (primary N) is 1. The van der Waals surface area contributed by atoms with Gasteiger partial charge in [-0.25, -0.2) is 4.98 Å². The van der Waals surface area contributed by atoms with Gasteiger partial charge in [-0.1, -0.05) is 0 Å². The number of piperidine rings is 1. The summed E-state index contributed by atoms with van der Waals surface area (Å²) in [4.78, 5) is 21.3. The first-order valence-corrected chi connectivity index (χ1v) is 9.74. The molecule has 0 saturated carbocycles. The van der Waals surface area contributed by atoms with E-state index in [1.165, 1.54) is 11.3 Å². The number of nitrogens with zero attached hydrogens (tertiary/aromatic N) is 3. The summed E-state index contributed by atoms with van der Waals surface area (Å²) in [6, 6.07) is 0. The van der Waals surface area contributed by atoms with E-state index in [1.54, 1.807) is 0 Å². The van der Waals surface area contributed by atoms with E-state index in [2.05, 4.69) is 23.7 Å². The molecule has 6 nitrogen and oxygen atoms in total. The van der Waals surface area contributed by atoms with E-state index in [-0.39, 0.29) is 5.91 Å². The lowest BCUT2D eigenvalue weighted by Gasteiger charge is -2.39. The molecule has 0 bridgehead atoms. The summed E-state index contributed by atoms with van der Waals surface area (Å²) in [5, 5.41) is 2.65. The lowest BCUT2D eigenvalue weighted by Crippen LogP contribution is -2.48.